The highest BCUT2D eigenvalue weighted by Crippen LogP contribution is 2.35. The molecule has 1 heteroatoms. The predicted molar refractivity (Wildman–Crippen MR) is 52.1 cm³/mol. The molecule has 0 saturated heterocycles. The van der Waals surface area contributed by atoms with Gasteiger partial charge in [0.25, 0.3) is 0 Å². The summed E-state index contributed by atoms with van der Waals surface area (Å²) in [4.78, 5) is 0. The van der Waals surface area contributed by atoms with Gasteiger partial charge in [-0.25, -0.2) is 0 Å². The van der Waals surface area contributed by atoms with Crippen LogP contribution in [-0.4, -0.2) is 10.7 Å². The number of rotatable bonds is 5. The Balaban J connectivity index is 1.95. The first-order chi connectivity index (χ1) is 5.77. The van der Waals surface area contributed by atoms with Crippen LogP contribution in [0, 0.1) is 0 Å². The Hall–Kier alpha value is -0.300. The molecule has 0 amide bonds. The second-order valence-electron chi connectivity index (χ2n) is 3.89. The van der Waals surface area contributed by atoms with E-state index in [9.17, 15) is 5.11 Å². The molecule has 1 saturated carbocycles. The molecule has 0 aromatic rings. The summed E-state index contributed by atoms with van der Waals surface area (Å²) in [7, 11) is 0. The molecule has 1 aliphatic rings. The van der Waals surface area contributed by atoms with Crippen LogP contribution in [-0.2, 0) is 0 Å². The second-order valence-corrected chi connectivity index (χ2v) is 3.89. The van der Waals surface area contributed by atoms with Gasteiger partial charge in [-0.1, -0.05) is 18.6 Å². The summed E-state index contributed by atoms with van der Waals surface area (Å²) < 4.78 is 0. The van der Waals surface area contributed by atoms with Gasteiger partial charge in [-0.3, -0.25) is 0 Å². The van der Waals surface area contributed by atoms with E-state index in [0.29, 0.717) is 0 Å². The van der Waals surface area contributed by atoms with Crippen molar-refractivity contribution < 1.29 is 5.11 Å². The number of allylic oxidation sites excluding steroid dienone is 2. The Morgan fingerprint density at radius 2 is 2.08 bits per heavy atom. The highest BCUT2D eigenvalue weighted by atomic mass is 16.3. The van der Waals surface area contributed by atoms with Gasteiger partial charge in [0.05, 0.1) is 5.60 Å². The van der Waals surface area contributed by atoms with Gasteiger partial charge in [-0.2, -0.15) is 0 Å². The fourth-order valence-electron chi connectivity index (χ4n) is 1.72. The monoisotopic (exact) mass is 168 g/mol. The average Bonchev–Trinajstić information content (AvgIpc) is 2.01. The van der Waals surface area contributed by atoms with E-state index in [-0.39, 0.29) is 5.60 Å². The Morgan fingerprint density at radius 3 is 2.58 bits per heavy atom. The molecule has 0 radical (unpaired) electrons. The van der Waals surface area contributed by atoms with Gasteiger partial charge in [0.15, 0.2) is 0 Å². The molecule has 1 N–H and O–H groups in total. The number of hydrogen-bond donors (Lipinski definition) is 1. The van der Waals surface area contributed by atoms with Gasteiger partial charge in [-0.15, -0.1) is 0 Å². The van der Waals surface area contributed by atoms with Crippen molar-refractivity contribution in [2.45, 2.75) is 57.5 Å². The van der Waals surface area contributed by atoms with Crippen molar-refractivity contribution in [1.29, 1.82) is 0 Å². The Kier molecular flexibility index (Phi) is 3.80. The van der Waals surface area contributed by atoms with Crippen LogP contribution >= 0.6 is 0 Å². The van der Waals surface area contributed by atoms with E-state index in [4.69, 9.17) is 0 Å². The third-order valence-corrected chi connectivity index (χ3v) is 2.78. The molecule has 1 rings (SSSR count). The van der Waals surface area contributed by atoms with Gasteiger partial charge in [0.2, 0.25) is 0 Å². The molecule has 0 aliphatic heterocycles. The standard InChI is InChI=1S/C11H20O/c1-2-3-4-5-6-8-11(12)9-7-10-11/h2-3,12H,4-10H2,1H3/b3-2+. The summed E-state index contributed by atoms with van der Waals surface area (Å²) in [5, 5.41) is 9.75. The van der Waals surface area contributed by atoms with Crippen molar-refractivity contribution in [3.05, 3.63) is 12.2 Å². The Labute approximate surface area is 75.5 Å². The van der Waals surface area contributed by atoms with Crippen LogP contribution < -0.4 is 0 Å². The van der Waals surface area contributed by atoms with E-state index in [0.717, 1.165) is 19.3 Å². The minimum absolute atomic E-state index is 0.254. The smallest absolute Gasteiger partial charge is 0.0647 e. The minimum atomic E-state index is -0.254. The van der Waals surface area contributed by atoms with Crippen LogP contribution in [0.2, 0.25) is 0 Å². The quantitative estimate of drug-likeness (QED) is 0.494. The second kappa shape index (κ2) is 4.66. The lowest BCUT2D eigenvalue weighted by atomic mass is 9.77. The summed E-state index contributed by atoms with van der Waals surface area (Å²) in [6.07, 6.45) is 12.2. The zero-order valence-electron chi connectivity index (χ0n) is 8.05. The number of aliphatic hydroxyl groups is 1. The molecule has 0 unspecified atom stereocenters. The molecule has 0 atom stereocenters. The number of hydrogen-bond acceptors (Lipinski definition) is 1. The molecule has 0 aromatic carbocycles. The van der Waals surface area contributed by atoms with Crippen LogP contribution in [0.25, 0.3) is 0 Å². The molecule has 0 bridgehead atoms. The third-order valence-electron chi connectivity index (χ3n) is 2.78. The fraction of sp³-hybridized carbons (Fsp3) is 0.818. The van der Waals surface area contributed by atoms with E-state index < -0.39 is 0 Å². The molecule has 1 fully saturated rings. The first-order valence-corrected chi connectivity index (χ1v) is 5.10. The molecular formula is C11H20O. The molecule has 1 aliphatic carbocycles. The Morgan fingerprint density at radius 1 is 1.33 bits per heavy atom. The third kappa shape index (κ3) is 2.98. The summed E-state index contributed by atoms with van der Waals surface area (Å²) in [5.41, 5.74) is -0.254. The zero-order valence-corrected chi connectivity index (χ0v) is 8.05. The van der Waals surface area contributed by atoms with E-state index in [1.807, 2.05) is 0 Å². The van der Waals surface area contributed by atoms with Gasteiger partial charge in [0, 0.05) is 0 Å². The van der Waals surface area contributed by atoms with Crippen molar-refractivity contribution in [3.8, 4) is 0 Å². The van der Waals surface area contributed by atoms with Crippen LogP contribution in [0.4, 0.5) is 0 Å². The maximum atomic E-state index is 9.75. The van der Waals surface area contributed by atoms with Crippen LogP contribution in [0.15, 0.2) is 12.2 Å². The highest BCUT2D eigenvalue weighted by molar-refractivity contribution is 4.87. The minimum Gasteiger partial charge on any atom is -0.390 e. The van der Waals surface area contributed by atoms with Gasteiger partial charge >= 0.3 is 0 Å². The first-order valence-electron chi connectivity index (χ1n) is 5.10. The summed E-state index contributed by atoms with van der Waals surface area (Å²) in [6, 6.07) is 0. The topological polar surface area (TPSA) is 20.2 Å². The predicted octanol–water partition coefficient (Wildman–Crippen LogP) is 3.04. The SMILES string of the molecule is C/C=C/CCCCC1(O)CCC1. The van der Waals surface area contributed by atoms with E-state index in [1.54, 1.807) is 0 Å². The normalized spacial score (nSPS) is 21.2. The largest absolute Gasteiger partial charge is 0.390 e. The zero-order chi connectivity index (χ0) is 8.86. The van der Waals surface area contributed by atoms with E-state index >= 15 is 0 Å². The molecule has 0 spiro atoms. The van der Waals surface area contributed by atoms with E-state index in [2.05, 4.69) is 19.1 Å². The Bertz CT molecular complexity index is 145. The lowest BCUT2D eigenvalue weighted by molar-refractivity contribution is -0.0418. The van der Waals surface area contributed by atoms with Crippen LogP contribution in [0.5, 0.6) is 0 Å². The van der Waals surface area contributed by atoms with Crippen molar-refractivity contribution in [1.82, 2.24) is 0 Å². The average molecular weight is 168 g/mol. The lowest BCUT2D eigenvalue weighted by Crippen LogP contribution is -2.36. The van der Waals surface area contributed by atoms with E-state index in [1.165, 1.54) is 25.7 Å². The summed E-state index contributed by atoms with van der Waals surface area (Å²) in [5.74, 6) is 0. The van der Waals surface area contributed by atoms with Crippen molar-refractivity contribution in [2.75, 3.05) is 0 Å². The maximum Gasteiger partial charge on any atom is 0.0647 e. The summed E-state index contributed by atoms with van der Waals surface area (Å²) >= 11 is 0. The number of unbranched alkanes of at least 4 members (excludes halogenated alkanes) is 2. The molecule has 1 nitrogen and oxygen atoms in total. The van der Waals surface area contributed by atoms with Crippen LogP contribution in [0.3, 0.4) is 0 Å². The molecule has 0 aromatic heterocycles. The van der Waals surface area contributed by atoms with Gasteiger partial charge in [-0.05, 0) is 45.4 Å². The molecule has 70 valence electrons. The van der Waals surface area contributed by atoms with Gasteiger partial charge in [0.1, 0.15) is 0 Å². The first kappa shape index (κ1) is 9.79. The summed E-state index contributed by atoms with van der Waals surface area (Å²) in [6.45, 7) is 2.06. The van der Waals surface area contributed by atoms with Gasteiger partial charge < -0.3 is 5.11 Å². The molecular weight excluding hydrogens is 148 g/mol. The van der Waals surface area contributed by atoms with Crippen molar-refractivity contribution >= 4 is 0 Å². The highest BCUT2D eigenvalue weighted by Gasteiger charge is 2.33. The lowest BCUT2D eigenvalue weighted by Gasteiger charge is -2.36. The van der Waals surface area contributed by atoms with Crippen LogP contribution in [0.1, 0.15) is 51.9 Å². The molecule has 12 heavy (non-hydrogen) atoms. The van der Waals surface area contributed by atoms with Crippen molar-refractivity contribution in [3.63, 3.8) is 0 Å². The fourth-order valence-corrected chi connectivity index (χ4v) is 1.72. The van der Waals surface area contributed by atoms with Crippen molar-refractivity contribution in [2.24, 2.45) is 0 Å². The maximum absolute atomic E-state index is 9.75. The molecule has 0 heterocycles.